The summed E-state index contributed by atoms with van der Waals surface area (Å²) in [7, 11) is -3.16. The fourth-order valence-corrected chi connectivity index (χ4v) is 5.79. The first-order valence-electron chi connectivity index (χ1n) is 10.6. The Morgan fingerprint density at radius 2 is 1.97 bits per heavy atom. The summed E-state index contributed by atoms with van der Waals surface area (Å²) in [6, 6.07) is 15.7. The van der Waals surface area contributed by atoms with Crippen LogP contribution in [0.4, 0.5) is 0 Å². The van der Waals surface area contributed by atoms with E-state index in [2.05, 4.69) is 16.4 Å². The minimum absolute atomic E-state index is 0.198. The van der Waals surface area contributed by atoms with Crippen molar-refractivity contribution in [1.29, 1.82) is 0 Å². The molecule has 2 aromatic carbocycles. The molecule has 0 bridgehead atoms. The fourth-order valence-electron chi connectivity index (χ4n) is 4.04. The first kappa shape index (κ1) is 23.4. The maximum Gasteiger partial charge on any atom is 0.341 e. The van der Waals surface area contributed by atoms with Gasteiger partial charge in [-0.2, -0.15) is 0 Å². The lowest BCUT2D eigenvalue weighted by molar-refractivity contribution is -0.139. The molecule has 1 heterocycles. The van der Waals surface area contributed by atoms with Gasteiger partial charge < -0.3 is 9.84 Å². The molecule has 7 nitrogen and oxygen atoms in total. The first-order chi connectivity index (χ1) is 15.9. The van der Waals surface area contributed by atoms with E-state index in [-0.39, 0.29) is 4.90 Å². The Bertz CT molecular complexity index is 1260. The number of hydrogen-bond donors (Lipinski definition) is 2. The lowest BCUT2D eigenvalue weighted by Crippen LogP contribution is -2.31. The fraction of sp³-hybridized carbons (Fsp3) is 0.250. The molecule has 1 aromatic heterocycles. The van der Waals surface area contributed by atoms with Crippen molar-refractivity contribution in [2.75, 3.05) is 13.3 Å². The molecule has 0 radical (unpaired) electrons. The van der Waals surface area contributed by atoms with Gasteiger partial charge in [-0.1, -0.05) is 32.8 Å². The molecule has 0 saturated carbocycles. The van der Waals surface area contributed by atoms with Crippen molar-refractivity contribution in [2.45, 2.75) is 30.2 Å². The predicted octanol–water partition coefficient (Wildman–Crippen LogP) is 3.50. The van der Waals surface area contributed by atoms with Crippen LogP contribution in [-0.2, 0) is 21.2 Å². The molecule has 0 saturated heterocycles. The van der Waals surface area contributed by atoms with Gasteiger partial charge in [0.2, 0.25) is 10.0 Å². The van der Waals surface area contributed by atoms with Crippen LogP contribution >= 0.6 is 8.58 Å². The van der Waals surface area contributed by atoms with Crippen LogP contribution in [0, 0.1) is 0 Å². The smallest absolute Gasteiger partial charge is 0.341 e. The summed E-state index contributed by atoms with van der Waals surface area (Å²) in [6.45, 7) is 1.63. The van der Waals surface area contributed by atoms with Crippen LogP contribution in [0.3, 0.4) is 0 Å². The number of pyridine rings is 1. The van der Waals surface area contributed by atoms with Crippen LogP contribution < -0.4 is 14.9 Å². The number of hydrogen-bond acceptors (Lipinski definition) is 5. The normalized spacial score (nSPS) is 16.0. The van der Waals surface area contributed by atoms with Gasteiger partial charge in [-0.05, 0) is 78.5 Å². The van der Waals surface area contributed by atoms with Crippen LogP contribution in [0.5, 0.6) is 5.75 Å². The Hall–Kier alpha value is -2.80. The third kappa shape index (κ3) is 5.41. The van der Waals surface area contributed by atoms with E-state index in [1.54, 1.807) is 42.6 Å². The number of aromatic nitrogens is 1. The number of carboxylic acids is 1. The zero-order valence-corrected chi connectivity index (χ0v) is 19.9. The molecule has 0 fully saturated rings. The first-order valence-corrected chi connectivity index (χ1v) is 13.6. The van der Waals surface area contributed by atoms with Gasteiger partial charge in [0.15, 0.2) is 6.61 Å². The number of carboxylic acid groups (broad SMARTS) is 1. The van der Waals surface area contributed by atoms with E-state index in [1.807, 2.05) is 18.2 Å². The monoisotopic (exact) mass is 484 g/mol. The minimum atomic E-state index is -3.75. The maximum atomic E-state index is 13.1. The average Bonchev–Trinajstić information content (AvgIpc) is 2.83. The van der Waals surface area contributed by atoms with E-state index in [1.165, 1.54) is 0 Å². The number of fused-ring (bicyclic) bond motifs is 1. The zero-order valence-electron chi connectivity index (χ0n) is 18.1. The number of carbonyl (C=O) groups is 1. The second-order valence-electron chi connectivity index (χ2n) is 7.78. The highest BCUT2D eigenvalue weighted by molar-refractivity contribution is 7.89. The molecule has 2 N–H and O–H groups in total. The van der Waals surface area contributed by atoms with Gasteiger partial charge in [0.1, 0.15) is 5.75 Å². The van der Waals surface area contributed by atoms with Gasteiger partial charge >= 0.3 is 5.97 Å². The SMILES string of the molecule is CPc1cc(-c2ccc(S(=O)(=O)NC3CCCc4c(OCC(=O)O)cccc43)cc2)ccn1. The van der Waals surface area contributed by atoms with E-state index in [0.717, 1.165) is 34.1 Å². The van der Waals surface area contributed by atoms with Crippen LogP contribution in [0.25, 0.3) is 11.1 Å². The Balaban J connectivity index is 1.55. The van der Waals surface area contributed by atoms with E-state index in [9.17, 15) is 13.2 Å². The Labute approximate surface area is 195 Å². The lowest BCUT2D eigenvalue weighted by Gasteiger charge is -2.27. The number of sulfonamides is 1. The summed E-state index contributed by atoms with van der Waals surface area (Å²) in [5, 5.41) is 8.91. The van der Waals surface area contributed by atoms with Gasteiger partial charge in [-0.25, -0.2) is 17.9 Å². The molecule has 33 heavy (non-hydrogen) atoms. The van der Waals surface area contributed by atoms with Crippen molar-refractivity contribution < 1.29 is 23.1 Å². The maximum absolute atomic E-state index is 13.1. The highest BCUT2D eigenvalue weighted by atomic mass is 32.2. The van der Waals surface area contributed by atoms with Crippen molar-refractivity contribution in [3.8, 4) is 16.9 Å². The Morgan fingerprint density at radius 1 is 1.18 bits per heavy atom. The lowest BCUT2D eigenvalue weighted by atomic mass is 9.87. The molecule has 9 heteroatoms. The average molecular weight is 485 g/mol. The highest BCUT2D eigenvalue weighted by Gasteiger charge is 2.27. The largest absolute Gasteiger partial charge is 0.482 e. The molecular formula is C24H25N2O5PS. The van der Waals surface area contributed by atoms with Crippen LogP contribution in [0.15, 0.2) is 65.7 Å². The number of nitrogens with zero attached hydrogens (tertiary/aromatic N) is 1. The van der Waals surface area contributed by atoms with E-state index in [0.29, 0.717) is 27.2 Å². The number of rotatable bonds is 8. The second kappa shape index (κ2) is 10.00. The Morgan fingerprint density at radius 3 is 2.70 bits per heavy atom. The van der Waals surface area contributed by atoms with Gasteiger partial charge in [-0.3, -0.25) is 4.98 Å². The standard InChI is InChI=1S/C24H25N2O5PS/c1-32-23-14-17(12-13-25-23)16-8-10-18(11-9-16)33(29,30)26-21-6-2-5-20-19(21)4-3-7-22(20)31-15-24(27)28/h3-4,7-14,21,26,32H,2,5-6,15H2,1H3,(H,27,28). The topological polar surface area (TPSA) is 106 Å². The number of benzene rings is 2. The predicted molar refractivity (Wildman–Crippen MR) is 129 cm³/mol. The quantitative estimate of drug-likeness (QED) is 0.474. The van der Waals surface area contributed by atoms with E-state index >= 15 is 0 Å². The summed E-state index contributed by atoms with van der Waals surface area (Å²) in [5.74, 6) is -0.560. The summed E-state index contributed by atoms with van der Waals surface area (Å²) in [5.41, 5.74) is 4.63. The van der Waals surface area contributed by atoms with Gasteiger partial charge in [0.05, 0.1) is 10.3 Å². The third-order valence-corrected chi connectivity index (χ3v) is 7.90. The molecule has 0 aliphatic heterocycles. The third-order valence-electron chi connectivity index (χ3n) is 5.63. The molecule has 172 valence electrons. The van der Waals surface area contributed by atoms with Crippen molar-refractivity contribution in [3.05, 3.63) is 71.9 Å². The van der Waals surface area contributed by atoms with Crippen molar-refractivity contribution in [3.63, 3.8) is 0 Å². The molecule has 1 aliphatic rings. The van der Waals surface area contributed by atoms with Gasteiger partial charge in [-0.15, -0.1) is 0 Å². The molecule has 3 aromatic rings. The molecule has 2 unspecified atom stereocenters. The number of nitrogens with one attached hydrogen (secondary N) is 1. The van der Waals surface area contributed by atoms with E-state index in [4.69, 9.17) is 9.84 Å². The number of aliphatic carboxylic acids is 1. The van der Waals surface area contributed by atoms with E-state index < -0.39 is 28.6 Å². The zero-order chi connectivity index (χ0) is 23.4. The van der Waals surface area contributed by atoms with Crippen LogP contribution in [-0.4, -0.2) is 37.7 Å². The highest BCUT2D eigenvalue weighted by Crippen LogP contribution is 2.36. The molecule has 4 rings (SSSR count). The summed E-state index contributed by atoms with van der Waals surface area (Å²) >= 11 is 0. The van der Waals surface area contributed by atoms with Gasteiger partial charge in [0.25, 0.3) is 0 Å². The molecule has 0 amide bonds. The van der Waals surface area contributed by atoms with Crippen molar-refractivity contribution >= 4 is 30.0 Å². The molecule has 0 spiro atoms. The molecular weight excluding hydrogens is 459 g/mol. The van der Waals surface area contributed by atoms with Gasteiger partial charge in [0, 0.05) is 12.2 Å². The van der Waals surface area contributed by atoms with Crippen molar-refractivity contribution in [2.24, 2.45) is 0 Å². The number of ether oxygens (including phenoxy) is 1. The van der Waals surface area contributed by atoms with Crippen molar-refractivity contribution in [1.82, 2.24) is 9.71 Å². The Kier molecular flexibility index (Phi) is 7.08. The summed E-state index contributed by atoms with van der Waals surface area (Å²) in [6.07, 6.45) is 3.91. The minimum Gasteiger partial charge on any atom is -0.482 e. The second-order valence-corrected chi connectivity index (χ2v) is 10.5. The van der Waals surface area contributed by atoms with Crippen LogP contribution in [0.1, 0.15) is 30.0 Å². The molecule has 2 atom stereocenters. The van der Waals surface area contributed by atoms with Crippen LogP contribution in [0.2, 0.25) is 0 Å². The summed E-state index contributed by atoms with van der Waals surface area (Å²) in [4.78, 5) is 15.4. The molecule has 1 aliphatic carbocycles. The summed E-state index contributed by atoms with van der Waals surface area (Å²) < 4.78 is 34.5.